The number of hydrogen-bond donors (Lipinski definition) is 1. The molecule has 0 bridgehead atoms. The van der Waals surface area contributed by atoms with E-state index in [-0.39, 0.29) is 0 Å². The van der Waals surface area contributed by atoms with Crippen molar-refractivity contribution in [1.29, 1.82) is 0 Å². The molecular weight excluding hydrogens is 196 g/mol. The molecule has 0 spiro atoms. The van der Waals surface area contributed by atoms with Crippen molar-refractivity contribution in [3.63, 3.8) is 0 Å². The molecule has 1 saturated heterocycles. The van der Waals surface area contributed by atoms with Crippen molar-refractivity contribution in [2.45, 2.75) is 32.7 Å². The van der Waals surface area contributed by atoms with Crippen LogP contribution in [0.5, 0.6) is 0 Å². The molecule has 2 rings (SSSR count). The molecule has 1 fully saturated rings. The van der Waals surface area contributed by atoms with E-state index >= 15 is 0 Å². The summed E-state index contributed by atoms with van der Waals surface area (Å²) in [6, 6.07) is 0.613. The second kappa shape index (κ2) is 3.73. The molecule has 0 aromatic carbocycles. The molecule has 4 nitrogen and oxygen atoms in total. The molecule has 1 unspecified atom stereocenters. The van der Waals surface area contributed by atoms with Gasteiger partial charge in [-0.15, -0.1) is 0 Å². The quantitative estimate of drug-likeness (QED) is 0.811. The van der Waals surface area contributed by atoms with E-state index in [2.05, 4.69) is 28.1 Å². The summed E-state index contributed by atoms with van der Waals surface area (Å²) in [4.78, 5) is 6.58. The minimum absolute atomic E-state index is 0.402. The summed E-state index contributed by atoms with van der Waals surface area (Å²) in [7, 11) is 0. The Morgan fingerprint density at radius 2 is 2.36 bits per heavy atom. The first-order valence-electron chi connectivity index (χ1n) is 5.04. The molecule has 0 aliphatic carbocycles. The Morgan fingerprint density at radius 1 is 1.57 bits per heavy atom. The minimum Gasteiger partial charge on any atom is -0.367 e. The predicted octanol–water partition coefficient (Wildman–Crippen LogP) is 1.75. The molecule has 2 heterocycles. The maximum absolute atomic E-state index is 5.53. The largest absolute Gasteiger partial charge is 0.367 e. The third kappa shape index (κ3) is 1.68. The zero-order chi connectivity index (χ0) is 10.1. The van der Waals surface area contributed by atoms with Crippen LogP contribution in [0.1, 0.15) is 26.7 Å². The first-order valence-corrected chi connectivity index (χ1v) is 5.81. The summed E-state index contributed by atoms with van der Waals surface area (Å²) in [5.41, 5.74) is 5.53. The Hall–Kier alpha value is -0.840. The second-order valence-electron chi connectivity index (χ2n) is 4.08. The molecule has 5 heteroatoms. The summed E-state index contributed by atoms with van der Waals surface area (Å²) in [6.45, 7) is 5.61. The molecule has 0 amide bonds. The van der Waals surface area contributed by atoms with Crippen LogP contribution < -0.4 is 10.6 Å². The van der Waals surface area contributed by atoms with E-state index in [0.29, 0.717) is 17.9 Å². The van der Waals surface area contributed by atoms with Crippen LogP contribution in [-0.4, -0.2) is 21.9 Å². The maximum atomic E-state index is 5.53. The molecule has 2 N–H and O–H groups in total. The Kier molecular flexibility index (Phi) is 2.58. The average Bonchev–Trinajstić information content (AvgIpc) is 2.70. The third-order valence-electron chi connectivity index (χ3n) is 2.75. The highest BCUT2D eigenvalue weighted by Crippen LogP contribution is 2.30. The maximum Gasteiger partial charge on any atom is 0.233 e. The molecular formula is C9H16N4S. The van der Waals surface area contributed by atoms with Gasteiger partial charge in [0, 0.05) is 24.1 Å². The number of anilines is 2. The van der Waals surface area contributed by atoms with Crippen LogP contribution in [0.3, 0.4) is 0 Å². The van der Waals surface area contributed by atoms with Gasteiger partial charge in [0.2, 0.25) is 11.1 Å². The molecule has 1 aromatic heterocycles. The third-order valence-corrected chi connectivity index (χ3v) is 3.51. The lowest BCUT2D eigenvalue weighted by atomic mass is 10.0. The van der Waals surface area contributed by atoms with Gasteiger partial charge in [-0.1, -0.05) is 13.8 Å². The lowest BCUT2D eigenvalue weighted by molar-refractivity contribution is 0.491. The monoisotopic (exact) mass is 212 g/mol. The van der Waals surface area contributed by atoms with Gasteiger partial charge >= 0.3 is 0 Å². The number of hydrogen-bond acceptors (Lipinski definition) is 5. The Labute approximate surface area is 88.3 Å². The van der Waals surface area contributed by atoms with Gasteiger partial charge in [0.1, 0.15) is 0 Å². The number of nitrogen functional groups attached to an aromatic ring is 1. The molecule has 0 radical (unpaired) electrons. The van der Waals surface area contributed by atoms with Crippen molar-refractivity contribution in [2.75, 3.05) is 17.2 Å². The predicted molar refractivity (Wildman–Crippen MR) is 59.5 cm³/mol. The van der Waals surface area contributed by atoms with Crippen molar-refractivity contribution in [2.24, 2.45) is 5.92 Å². The van der Waals surface area contributed by atoms with Crippen LogP contribution in [0.15, 0.2) is 0 Å². The van der Waals surface area contributed by atoms with Crippen molar-refractivity contribution < 1.29 is 0 Å². The highest BCUT2D eigenvalue weighted by atomic mass is 32.1. The van der Waals surface area contributed by atoms with Crippen molar-refractivity contribution in [3.8, 4) is 0 Å². The molecule has 14 heavy (non-hydrogen) atoms. The van der Waals surface area contributed by atoms with Gasteiger partial charge in [-0.25, -0.2) is 0 Å². The van der Waals surface area contributed by atoms with E-state index in [0.717, 1.165) is 11.7 Å². The van der Waals surface area contributed by atoms with Crippen LogP contribution in [-0.2, 0) is 0 Å². The van der Waals surface area contributed by atoms with E-state index < -0.39 is 0 Å². The summed E-state index contributed by atoms with van der Waals surface area (Å²) in [5.74, 6) is 1.07. The average molecular weight is 212 g/mol. The minimum atomic E-state index is 0.402. The lowest BCUT2D eigenvalue weighted by Gasteiger charge is -2.26. The lowest BCUT2D eigenvalue weighted by Crippen LogP contribution is -2.33. The van der Waals surface area contributed by atoms with Crippen LogP contribution in [0, 0.1) is 5.92 Å². The van der Waals surface area contributed by atoms with Crippen molar-refractivity contribution >= 4 is 22.6 Å². The SMILES string of the molecule is CC(C)C1CCCN1c1nc(N)ns1. The standard InChI is InChI=1S/C9H16N4S/c1-6(2)7-4-3-5-13(7)9-11-8(10)12-14-9/h6-7H,3-5H2,1-2H3,(H2,10,12). The van der Waals surface area contributed by atoms with Crippen LogP contribution in [0.25, 0.3) is 0 Å². The Balaban J connectivity index is 2.17. The van der Waals surface area contributed by atoms with E-state index in [1.165, 1.54) is 24.4 Å². The van der Waals surface area contributed by atoms with E-state index in [1.54, 1.807) is 0 Å². The van der Waals surface area contributed by atoms with Gasteiger partial charge in [0.25, 0.3) is 0 Å². The van der Waals surface area contributed by atoms with E-state index in [1.807, 2.05) is 0 Å². The fourth-order valence-corrected chi connectivity index (χ4v) is 2.75. The second-order valence-corrected chi connectivity index (χ2v) is 4.81. The van der Waals surface area contributed by atoms with Gasteiger partial charge < -0.3 is 10.6 Å². The molecule has 1 aliphatic heterocycles. The van der Waals surface area contributed by atoms with Gasteiger partial charge in [-0.05, 0) is 18.8 Å². The highest BCUT2D eigenvalue weighted by molar-refractivity contribution is 7.09. The topological polar surface area (TPSA) is 55.0 Å². The summed E-state index contributed by atoms with van der Waals surface area (Å²) in [6.07, 6.45) is 2.51. The van der Waals surface area contributed by atoms with Gasteiger partial charge in [0.15, 0.2) is 0 Å². The van der Waals surface area contributed by atoms with Crippen LogP contribution in [0.2, 0.25) is 0 Å². The number of rotatable bonds is 2. The first kappa shape index (κ1) is 9.71. The van der Waals surface area contributed by atoms with Gasteiger partial charge in [-0.2, -0.15) is 9.36 Å². The van der Waals surface area contributed by atoms with Crippen molar-refractivity contribution in [3.05, 3.63) is 0 Å². The number of aromatic nitrogens is 2. The molecule has 1 aromatic rings. The summed E-state index contributed by atoms with van der Waals surface area (Å²) in [5, 5.41) is 0.985. The molecule has 78 valence electrons. The summed E-state index contributed by atoms with van der Waals surface area (Å²) < 4.78 is 4.02. The fraction of sp³-hybridized carbons (Fsp3) is 0.778. The normalized spacial score (nSPS) is 22.2. The van der Waals surface area contributed by atoms with Gasteiger partial charge in [0.05, 0.1) is 0 Å². The van der Waals surface area contributed by atoms with Gasteiger partial charge in [-0.3, -0.25) is 0 Å². The Bertz CT molecular complexity index is 310. The van der Waals surface area contributed by atoms with Crippen LogP contribution in [0.4, 0.5) is 11.1 Å². The number of nitrogens with two attached hydrogens (primary N) is 1. The van der Waals surface area contributed by atoms with Crippen LogP contribution >= 0.6 is 11.5 Å². The fourth-order valence-electron chi connectivity index (χ4n) is 2.07. The van der Waals surface area contributed by atoms with E-state index in [4.69, 9.17) is 5.73 Å². The zero-order valence-electron chi connectivity index (χ0n) is 8.60. The molecule has 0 saturated carbocycles. The molecule has 1 atom stereocenters. The van der Waals surface area contributed by atoms with E-state index in [9.17, 15) is 0 Å². The zero-order valence-corrected chi connectivity index (χ0v) is 9.42. The van der Waals surface area contributed by atoms with Crippen molar-refractivity contribution in [1.82, 2.24) is 9.36 Å². The number of nitrogens with zero attached hydrogens (tertiary/aromatic N) is 3. The highest BCUT2D eigenvalue weighted by Gasteiger charge is 2.29. The summed E-state index contributed by atoms with van der Waals surface area (Å²) >= 11 is 1.41. The Morgan fingerprint density at radius 3 is 2.93 bits per heavy atom. The molecule has 1 aliphatic rings. The smallest absolute Gasteiger partial charge is 0.233 e. The first-order chi connectivity index (χ1) is 6.68.